The van der Waals surface area contributed by atoms with Crippen LogP contribution in [0.1, 0.15) is 6.92 Å². The lowest BCUT2D eigenvalue weighted by Gasteiger charge is -2.21. The van der Waals surface area contributed by atoms with Gasteiger partial charge in [-0.05, 0) is 6.92 Å². The van der Waals surface area contributed by atoms with Crippen LogP contribution in [0.3, 0.4) is 0 Å². The van der Waals surface area contributed by atoms with Crippen LogP contribution in [0.2, 0.25) is 0 Å². The zero-order chi connectivity index (χ0) is 12.0. The Morgan fingerprint density at radius 1 is 1.38 bits per heavy atom. The van der Waals surface area contributed by atoms with E-state index >= 15 is 0 Å². The largest absolute Gasteiger partial charge is 0.395 e. The van der Waals surface area contributed by atoms with Crippen LogP contribution in [-0.2, 0) is 6.54 Å². The van der Waals surface area contributed by atoms with Crippen LogP contribution >= 0.6 is 0 Å². The van der Waals surface area contributed by atoms with Gasteiger partial charge in [0.05, 0.1) is 13.2 Å². The summed E-state index contributed by atoms with van der Waals surface area (Å²) < 4.78 is 1.53. The van der Waals surface area contributed by atoms with Crippen molar-refractivity contribution in [3.8, 4) is 0 Å². The second kappa shape index (κ2) is 6.24. The Morgan fingerprint density at radius 2 is 2.00 bits per heavy atom. The van der Waals surface area contributed by atoms with Gasteiger partial charge in [0.2, 0.25) is 0 Å². The van der Waals surface area contributed by atoms with Crippen molar-refractivity contribution in [3.05, 3.63) is 22.7 Å². The zero-order valence-corrected chi connectivity index (χ0v) is 9.33. The third-order valence-corrected chi connectivity index (χ3v) is 2.28. The highest BCUT2D eigenvalue weighted by molar-refractivity contribution is 5.35. The number of hydrogen-bond donors (Lipinski definition) is 2. The van der Waals surface area contributed by atoms with E-state index in [1.54, 1.807) is 17.3 Å². The number of aromatic nitrogens is 2. The average molecular weight is 227 g/mol. The van der Waals surface area contributed by atoms with Gasteiger partial charge in [-0.15, -0.1) is 0 Å². The molecule has 0 bridgehead atoms. The van der Waals surface area contributed by atoms with Crippen molar-refractivity contribution < 1.29 is 10.2 Å². The molecular formula is C10H17N3O3. The van der Waals surface area contributed by atoms with E-state index in [1.807, 2.05) is 6.92 Å². The summed E-state index contributed by atoms with van der Waals surface area (Å²) in [4.78, 5) is 17.5. The minimum absolute atomic E-state index is 0.0812. The molecule has 90 valence electrons. The van der Waals surface area contributed by atoms with Gasteiger partial charge in [0.15, 0.2) is 5.82 Å². The fourth-order valence-corrected chi connectivity index (χ4v) is 1.47. The topological polar surface area (TPSA) is 78.6 Å². The van der Waals surface area contributed by atoms with E-state index in [0.717, 1.165) is 0 Å². The summed E-state index contributed by atoms with van der Waals surface area (Å²) in [6.07, 6.45) is 3.16. The van der Waals surface area contributed by atoms with Crippen molar-refractivity contribution >= 4 is 5.82 Å². The molecular weight excluding hydrogens is 210 g/mol. The average Bonchev–Trinajstić information content (AvgIpc) is 2.29. The first-order valence-electron chi connectivity index (χ1n) is 5.26. The van der Waals surface area contributed by atoms with Crippen molar-refractivity contribution in [2.24, 2.45) is 0 Å². The van der Waals surface area contributed by atoms with E-state index < -0.39 is 0 Å². The van der Waals surface area contributed by atoms with Gasteiger partial charge in [-0.25, -0.2) is 4.98 Å². The van der Waals surface area contributed by atoms with Crippen LogP contribution in [-0.4, -0.2) is 46.1 Å². The number of rotatable bonds is 6. The van der Waals surface area contributed by atoms with Gasteiger partial charge in [0, 0.05) is 32.0 Å². The molecule has 1 aromatic rings. The number of aliphatic hydroxyl groups excluding tert-OH is 2. The van der Waals surface area contributed by atoms with Crippen LogP contribution in [0.5, 0.6) is 0 Å². The van der Waals surface area contributed by atoms with Crippen LogP contribution in [0, 0.1) is 0 Å². The van der Waals surface area contributed by atoms with Crippen molar-refractivity contribution in [3.63, 3.8) is 0 Å². The molecule has 1 heterocycles. The summed E-state index contributed by atoms with van der Waals surface area (Å²) in [5.74, 6) is 0.271. The van der Waals surface area contributed by atoms with Crippen LogP contribution in [0.25, 0.3) is 0 Å². The molecule has 0 saturated carbocycles. The van der Waals surface area contributed by atoms with Gasteiger partial charge < -0.3 is 19.7 Å². The first kappa shape index (κ1) is 12.7. The Hall–Kier alpha value is -1.40. The first-order valence-corrected chi connectivity index (χ1v) is 5.26. The number of aryl methyl sites for hydroxylation is 1. The first-order chi connectivity index (χ1) is 7.74. The summed E-state index contributed by atoms with van der Waals surface area (Å²) in [6.45, 7) is 2.85. The van der Waals surface area contributed by atoms with Crippen LogP contribution in [0.15, 0.2) is 17.2 Å². The minimum Gasteiger partial charge on any atom is -0.395 e. The molecule has 0 amide bonds. The Kier molecular flexibility index (Phi) is 4.94. The number of aliphatic hydroxyl groups is 2. The smallest absolute Gasteiger partial charge is 0.293 e. The second-order valence-electron chi connectivity index (χ2n) is 3.28. The van der Waals surface area contributed by atoms with Crippen molar-refractivity contribution in [2.75, 3.05) is 31.2 Å². The Bertz CT molecular complexity index is 372. The number of hydrogen-bond acceptors (Lipinski definition) is 5. The molecule has 0 aliphatic rings. The highest BCUT2D eigenvalue weighted by Crippen LogP contribution is 2.02. The molecule has 6 nitrogen and oxygen atoms in total. The SMILES string of the molecule is CCn1ccnc(N(CCO)CCO)c1=O. The molecule has 2 N–H and O–H groups in total. The molecule has 0 aromatic carbocycles. The minimum atomic E-state index is -0.202. The van der Waals surface area contributed by atoms with Crippen molar-refractivity contribution in [2.45, 2.75) is 13.5 Å². The fourth-order valence-electron chi connectivity index (χ4n) is 1.47. The maximum atomic E-state index is 11.9. The highest BCUT2D eigenvalue weighted by atomic mass is 16.3. The molecule has 0 aliphatic carbocycles. The third kappa shape index (κ3) is 2.80. The van der Waals surface area contributed by atoms with Gasteiger partial charge in [0.25, 0.3) is 5.56 Å². The molecule has 0 unspecified atom stereocenters. The molecule has 0 radical (unpaired) electrons. The Morgan fingerprint density at radius 3 is 2.50 bits per heavy atom. The molecule has 0 aliphatic heterocycles. The number of nitrogens with zero attached hydrogens (tertiary/aromatic N) is 3. The third-order valence-electron chi connectivity index (χ3n) is 2.28. The summed E-state index contributed by atoms with van der Waals surface area (Å²) in [6, 6.07) is 0. The van der Waals surface area contributed by atoms with Gasteiger partial charge >= 0.3 is 0 Å². The van der Waals surface area contributed by atoms with Crippen molar-refractivity contribution in [1.29, 1.82) is 0 Å². The zero-order valence-electron chi connectivity index (χ0n) is 9.33. The monoisotopic (exact) mass is 227 g/mol. The fraction of sp³-hybridized carbons (Fsp3) is 0.600. The van der Waals surface area contributed by atoms with Crippen LogP contribution in [0.4, 0.5) is 5.82 Å². The van der Waals surface area contributed by atoms with Gasteiger partial charge in [0.1, 0.15) is 0 Å². The lowest BCUT2D eigenvalue weighted by molar-refractivity contribution is 0.280. The van der Waals surface area contributed by atoms with E-state index in [0.29, 0.717) is 6.54 Å². The van der Waals surface area contributed by atoms with Crippen molar-refractivity contribution in [1.82, 2.24) is 9.55 Å². The molecule has 1 rings (SSSR count). The predicted molar refractivity (Wildman–Crippen MR) is 60.6 cm³/mol. The maximum Gasteiger partial charge on any atom is 0.293 e. The molecule has 1 aromatic heterocycles. The van der Waals surface area contributed by atoms with Crippen LogP contribution < -0.4 is 10.5 Å². The van der Waals surface area contributed by atoms with Gasteiger partial charge in [-0.2, -0.15) is 0 Å². The van der Waals surface area contributed by atoms with Gasteiger partial charge in [-0.3, -0.25) is 4.79 Å². The molecule has 16 heavy (non-hydrogen) atoms. The lowest BCUT2D eigenvalue weighted by atomic mass is 10.4. The molecule has 0 atom stereocenters. The predicted octanol–water partition coefficient (Wildman–Crippen LogP) is -0.946. The molecule has 0 fully saturated rings. The molecule has 6 heteroatoms. The quantitative estimate of drug-likeness (QED) is 0.655. The standard InChI is InChI=1S/C10H17N3O3/c1-2-12-4-3-11-9(10(12)16)13(5-7-14)6-8-15/h3-4,14-15H,2,5-8H2,1H3. The maximum absolute atomic E-state index is 11.9. The molecule has 0 spiro atoms. The van der Waals surface area contributed by atoms with Gasteiger partial charge in [-0.1, -0.05) is 0 Å². The van der Waals surface area contributed by atoms with E-state index in [1.165, 1.54) is 4.57 Å². The van der Waals surface area contributed by atoms with E-state index in [4.69, 9.17) is 10.2 Å². The summed E-state index contributed by atoms with van der Waals surface area (Å²) in [5.41, 5.74) is -0.202. The van der Waals surface area contributed by atoms with E-state index in [2.05, 4.69) is 4.98 Å². The number of anilines is 1. The Balaban J connectivity index is 3.03. The summed E-state index contributed by atoms with van der Waals surface area (Å²) in [5, 5.41) is 17.8. The lowest BCUT2D eigenvalue weighted by Crippen LogP contribution is -2.36. The van der Waals surface area contributed by atoms with E-state index in [-0.39, 0.29) is 37.7 Å². The Labute approximate surface area is 93.8 Å². The second-order valence-corrected chi connectivity index (χ2v) is 3.28. The molecule has 0 saturated heterocycles. The van der Waals surface area contributed by atoms with E-state index in [9.17, 15) is 4.79 Å². The summed E-state index contributed by atoms with van der Waals surface area (Å²) in [7, 11) is 0. The normalized spacial score (nSPS) is 10.4. The summed E-state index contributed by atoms with van der Waals surface area (Å²) >= 11 is 0. The highest BCUT2D eigenvalue weighted by Gasteiger charge is 2.12.